The summed E-state index contributed by atoms with van der Waals surface area (Å²) in [6, 6.07) is -0.407. The molecule has 0 spiro atoms. The summed E-state index contributed by atoms with van der Waals surface area (Å²) in [7, 11) is 0. The third kappa shape index (κ3) is 6.37. The van der Waals surface area contributed by atoms with E-state index in [9.17, 15) is 22.8 Å². The van der Waals surface area contributed by atoms with Crippen LogP contribution in [0.2, 0.25) is 0 Å². The van der Waals surface area contributed by atoms with E-state index in [0.717, 1.165) is 23.7 Å². The summed E-state index contributed by atoms with van der Waals surface area (Å²) in [5, 5.41) is 6.21. The molecule has 29 heavy (non-hydrogen) atoms. The van der Waals surface area contributed by atoms with Crippen LogP contribution in [0.25, 0.3) is 0 Å². The van der Waals surface area contributed by atoms with Gasteiger partial charge in [-0.05, 0) is 53.9 Å². The zero-order chi connectivity index (χ0) is 22.0. The first-order valence-corrected chi connectivity index (χ1v) is 9.73. The van der Waals surface area contributed by atoms with E-state index < -0.39 is 41.1 Å². The van der Waals surface area contributed by atoms with Gasteiger partial charge in [-0.15, -0.1) is 0 Å². The number of halogens is 3. The average molecular weight is 418 g/mol. The number of hydrogen-bond donors (Lipinski definition) is 1. The highest BCUT2D eigenvalue weighted by Gasteiger charge is 2.40. The van der Waals surface area contributed by atoms with E-state index in [1.807, 2.05) is 0 Å². The van der Waals surface area contributed by atoms with Crippen molar-refractivity contribution in [2.45, 2.75) is 77.7 Å². The lowest BCUT2D eigenvalue weighted by atomic mass is 10.2. The van der Waals surface area contributed by atoms with Crippen molar-refractivity contribution in [2.75, 3.05) is 13.1 Å². The molecule has 1 aromatic rings. The third-order valence-electron chi connectivity index (χ3n) is 4.27. The fraction of sp³-hybridized carbons (Fsp3) is 0.737. The number of carbonyl (C=O) groups is 2. The fourth-order valence-electron chi connectivity index (χ4n) is 2.88. The second-order valence-corrected chi connectivity index (χ2v) is 8.46. The quantitative estimate of drug-likeness (QED) is 0.679. The van der Waals surface area contributed by atoms with Crippen molar-refractivity contribution >= 4 is 12.0 Å². The Morgan fingerprint density at radius 3 is 2.41 bits per heavy atom. The molecule has 7 nitrogen and oxygen atoms in total. The highest BCUT2D eigenvalue weighted by molar-refractivity contribution is 5.95. The molecule has 1 fully saturated rings. The van der Waals surface area contributed by atoms with E-state index in [4.69, 9.17) is 4.74 Å². The molecule has 2 amide bonds. The number of carbonyl (C=O) groups excluding carboxylic acids is 2. The van der Waals surface area contributed by atoms with E-state index in [1.165, 1.54) is 0 Å². The monoisotopic (exact) mass is 418 g/mol. The zero-order valence-corrected chi connectivity index (χ0v) is 17.5. The van der Waals surface area contributed by atoms with Gasteiger partial charge in [-0.25, -0.2) is 4.79 Å². The molecule has 1 aliphatic carbocycles. The Kier molecular flexibility index (Phi) is 6.85. The van der Waals surface area contributed by atoms with Gasteiger partial charge in [0.25, 0.3) is 5.91 Å². The maximum atomic E-state index is 13.4. The van der Waals surface area contributed by atoms with Crippen LogP contribution in [0, 0.1) is 0 Å². The molecule has 0 radical (unpaired) electrons. The summed E-state index contributed by atoms with van der Waals surface area (Å²) in [6.07, 6.45) is -1.96. The highest BCUT2D eigenvalue weighted by Crippen LogP contribution is 2.33. The number of amides is 2. The third-order valence-corrected chi connectivity index (χ3v) is 4.27. The van der Waals surface area contributed by atoms with Gasteiger partial charge in [-0.1, -0.05) is 0 Å². The first-order valence-electron chi connectivity index (χ1n) is 9.73. The molecule has 1 N–H and O–H groups in total. The molecule has 1 heterocycles. The minimum absolute atomic E-state index is 0.127. The molecule has 1 aromatic heterocycles. The second kappa shape index (κ2) is 8.62. The Balaban J connectivity index is 1.94. The Hall–Kier alpha value is -2.26. The van der Waals surface area contributed by atoms with Crippen LogP contribution in [0.3, 0.4) is 0 Å². The maximum absolute atomic E-state index is 13.4. The number of rotatable bonds is 7. The molecule has 0 saturated heterocycles. The molecular formula is C19H29F3N4O3. The average Bonchev–Trinajstić information content (AvgIpc) is 3.27. The van der Waals surface area contributed by atoms with Crippen molar-refractivity contribution in [2.24, 2.45) is 0 Å². The van der Waals surface area contributed by atoms with Gasteiger partial charge in [0.2, 0.25) is 0 Å². The number of aromatic nitrogens is 2. The fourth-order valence-corrected chi connectivity index (χ4v) is 2.88. The van der Waals surface area contributed by atoms with Gasteiger partial charge in [0.1, 0.15) is 5.60 Å². The smallest absolute Gasteiger partial charge is 0.433 e. The molecule has 1 aliphatic rings. The van der Waals surface area contributed by atoms with E-state index >= 15 is 0 Å². The van der Waals surface area contributed by atoms with Crippen molar-refractivity contribution in [3.8, 4) is 0 Å². The van der Waals surface area contributed by atoms with Crippen LogP contribution in [0.1, 0.15) is 76.0 Å². The Labute approximate surface area is 168 Å². The maximum Gasteiger partial charge on any atom is 0.433 e. The topological polar surface area (TPSA) is 76.5 Å². The molecule has 0 aromatic carbocycles. The molecule has 0 bridgehead atoms. The van der Waals surface area contributed by atoms with E-state index in [1.54, 1.807) is 39.5 Å². The van der Waals surface area contributed by atoms with Crippen LogP contribution in [0.4, 0.5) is 18.0 Å². The van der Waals surface area contributed by atoms with Crippen molar-refractivity contribution in [3.05, 3.63) is 17.5 Å². The van der Waals surface area contributed by atoms with Crippen LogP contribution >= 0.6 is 0 Å². The van der Waals surface area contributed by atoms with Crippen molar-refractivity contribution in [3.63, 3.8) is 0 Å². The lowest BCUT2D eigenvalue weighted by molar-refractivity contribution is -0.145. The minimum Gasteiger partial charge on any atom is -0.444 e. The zero-order valence-electron chi connectivity index (χ0n) is 17.5. The summed E-state index contributed by atoms with van der Waals surface area (Å²) in [5.41, 5.74) is -2.17. The molecule has 1 saturated carbocycles. The Morgan fingerprint density at radius 2 is 1.93 bits per heavy atom. The predicted octanol–water partition coefficient (Wildman–Crippen LogP) is 4.00. The van der Waals surface area contributed by atoms with Gasteiger partial charge in [0.05, 0.1) is 11.8 Å². The van der Waals surface area contributed by atoms with Gasteiger partial charge in [0.15, 0.2) is 5.69 Å². The Bertz CT molecular complexity index is 734. The number of nitrogens with one attached hydrogen (secondary N) is 1. The summed E-state index contributed by atoms with van der Waals surface area (Å²) >= 11 is 0. The SMILES string of the molecule is CC(C)n1ncc(C(=O)NCCCN(C(=O)OC(C)(C)C)C2CC2)c1C(F)(F)F. The number of hydrogen-bond acceptors (Lipinski definition) is 4. The van der Waals surface area contributed by atoms with E-state index in [0.29, 0.717) is 13.0 Å². The van der Waals surface area contributed by atoms with Gasteiger partial charge >= 0.3 is 12.3 Å². The summed E-state index contributed by atoms with van der Waals surface area (Å²) in [6.45, 7) is 8.97. The molecule has 0 atom stereocenters. The Morgan fingerprint density at radius 1 is 1.31 bits per heavy atom. The first-order chi connectivity index (χ1) is 13.3. The lowest BCUT2D eigenvalue weighted by Gasteiger charge is -2.27. The molecule has 0 unspecified atom stereocenters. The van der Waals surface area contributed by atoms with E-state index in [-0.39, 0.29) is 12.6 Å². The van der Waals surface area contributed by atoms with Crippen LogP contribution in [0.15, 0.2) is 6.20 Å². The molecule has 10 heteroatoms. The number of ether oxygens (including phenoxy) is 1. The van der Waals surface area contributed by atoms with Crippen LogP contribution in [-0.4, -0.2) is 51.4 Å². The van der Waals surface area contributed by atoms with Crippen molar-refractivity contribution < 1.29 is 27.5 Å². The van der Waals surface area contributed by atoms with Gasteiger partial charge in [0, 0.05) is 25.2 Å². The molecule has 164 valence electrons. The van der Waals surface area contributed by atoms with Gasteiger partial charge in [-0.3, -0.25) is 9.48 Å². The molecule has 0 aliphatic heterocycles. The summed E-state index contributed by atoms with van der Waals surface area (Å²) < 4.78 is 46.3. The van der Waals surface area contributed by atoms with Crippen molar-refractivity contribution in [1.29, 1.82) is 0 Å². The molecule has 2 rings (SSSR count). The van der Waals surface area contributed by atoms with Crippen LogP contribution in [-0.2, 0) is 10.9 Å². The normalized spacial score (nSPS) is 14.8. The standard InChI is InChI=1S/C19H29F3N4O3/c1-12(2)26-15(19(20,21)22)14(11-24-26)16(27)23-9-6-10-25(13-7-8-13)17(28)29-18(3,4)5/h11-13H,6-10H2,1-5H3,(H,23,27). The summed E-state index contributed by atoms with van der Waals surface area (Å²) in [5.74, 6) is -0.834. The number of alkyl halides is 3. The lowest BCUT2D eigenvalue weighted by Crippen LogP contribution is -2.40. The predicted molar refractivity (Wildman–Crippen MR) is 101 cm³/mol. The highest BCUT2D eigenvalue weighted by atomic mass is 19.4. The first kappa shape index (κ1) is 23.0. The molecular weight excluding hydrogens is 389 g/mol. The summed E-state index contributed by atoms with van der Waals surface area (Å²) in [4.78, 5) is 26.2. The van der Waals surface area contributed by atoms with E-state index in [2.05, 4.69) is 10.4 Å². The van der Waals surface area contributed by atoms with Gasteiger partial charge < -0.3 is 15.0 Å². The number of nitrogens with zero attached hydrogens (tertiary/aromatic N) is 3. The van der Waals surface area contributed by atoms with Gasteiger partial charge in [-0.2, -0.15) is 18.3 Å². The van der Waals surface area contributed by atoms with Crippen LogP contribution < -0.4 is 5.32 Å². The minimum atomic E-state index is -4.69. The van der Waals surface area contributed by atoms with Crippen molar-refractivity contribution in [1.82, 2.24) is 20.0 Å². The van der Waals surface area contributed by atoms with Crippen LogP contribution in [0.5, 0.6) is 0 Å². The second-order valence-electron chi connectivity index (χ2n) is 8.46. The largest absolute Gasteiger partial charge is 0.444 e.